The van der Waals surface area contributed by atoms with Gasteiger partial charge >= 0.3 is 0 Å². The molecule has 3 nitrogen and oxygen atoms in total. The Hall–Kier alpha value is -0.840. The van der Waals surface area contributed by atoms with E-state index in [2.05, 4.69) is 25.9 Å². The molecule has 0 N–H and O–H groups in total. The van der Waals surface area contributed by atoms with Gasteiger partial charge in [-0.05, 0) is 34.1 Å². The summed E-state index contributed by atoms with van der Waals surface area (Å²) in [5, 5.41) is 0.828. The first kappa shape index (κ1) is 11.6. The van der Waals surface area contributed by atoms with Crippen LogP contribution in [0.1, 0.15) is 0 Å². The van der Waals surface area contributed by atoms with Crippen LogP contribution in [0.5, 0.6) is 11.6 Å². The Bertz CT molecular complexity index is 522. The molecule has 1 aromatic carbocycles. The summed E-state index contributed by atoms with van der Waals surface area (Å²) >= 11 is 15.0. The van der Waals surface area contributed by atoms with Crippen LogP contribution in [0.25, 0.3) is 0 Å². The van der Waals surface area contributed by atoms with Crippen LogP contribution < -0.4 is 4.74 Å². The van der Waals surface area contributed by atoms with E-state index in [1.54, 1.807) is 18.2 Å². The third-order valence-electron chi connectivity index (χ3n) is 1.72. The van der Waals surface area contributed by atoms with Gasteiger partial charge in [-0.3, -0.25) is 0 Å². The molecule has 0 aliphatic heterocycles. The summed E-state index contributed by atoms with van der Waals surface area (Å²) in [6.45, 7) is 0. The van der Waals surface area contributed by atoms with E-state index in [0.29, 0.717) is 10.8 Å². The van der Waals surface area contributed by atoms with Crippen molar-refractivity contribution in [2.75, 3.05) is 0 Å². The molecule has 0 unspecified atom stereocenters. The van der Waals surface area contributed by atoms with Gasteiger partial charge in [-0.25, -0.2) is 9.97 Å². The third kappa shape index (κ3) is 2.64. The molecule has 1 aromatic heterocycles. The number of benzene rings is 1. The second-order valence-corrected chi connectivity index (χ2v) is 4.48. The van der Waals surface area contributed by atoms with E-state index in [9.17, 15) is 0 Å². The predicted molar refractivity (Wildman–Crippen MR) is 66.3 cm³/mol. The largest absolute Gasteiger partial charge is 0.435 e. The summed E-state index contributed by atoms with van der Waals surface area (Å²) in [5.41, 5.74) is 0. The van der Waals surface area contributed by atoms with Crippen LogP contribution in [-0.2, 0) is 0 Å². The van der Waals surface area contributed by atoms with Crippen molar-refractivity contribution in [2.45, 2.75) is 0 Å². The lowest BCUT2D eigenvalue weighted by Crippen LogP contribution is -1.91. The van der Waals surface area contributed by atoms with Crippen molar-refractivity contribution >= 4 is 39.1 Å². The van der Waals surface area contributed by atoms with Gasteiger partial charge in [0.25, 0.3) is 5.88 Å². The molecule has 0 saturated carbocycles. The smallest absolute Gasteiger partial charge is 0.257 e. The Morgan fingerprint density at radius 3 is 2.56 bits per heavy atom. The molecular weight excluding hydrogens is 315 g/mol. The van der Waals surface area contributed by atoms with Crippen molar-refractivity contribution in [2.24, 2.45) is 0 Å². The third-order valence-corrected chi connectivity index (χ3v) is 2.84. The monoisotopic (exact) mass is 318 g/mol. The van der Waals surface area contributed by atoms with Crippen LogP contribution >= 0.6 is 39.1 Å². The fourth-order valence-electron chi connectivity index (χ4n) is 1.04. The fourth-order valence-corrected chi connectivity index (χ4v) is 1.95. The van der Waals surface area contributed by atoms with E-state index in [-0.39, 0.29) is 11.0 Å². The lowest BCUT2D eigenvalue weighted by molar-refractivity contribution is 0.457. The summed E-state index contributed by atoms with van der Waals surface area (Å²) in [6, 6.07) is 5.16. The minimum atomic E-state index is 0.212. The minimum Gasteiger partial charge on any atom is -0.435 e. The molecule has 0 aliphatic rings. The van der Waals surface area contributed by atoms with Crippen LogP contribution in [0, 0.1) is 0 Å². The Kier molecular flexibility index (Phi) is 3.63. The van der Waals surface area contributed by atoms with Gasteiger partial charge in [0.05, 0.1) is 4.47 Å². The highest BCUT2D eigenvalue weighted by Crippen LogP contribution is 2.32. The van der Waals surface area contributed by atoms with Crippen LogP contribution in [-0.4, -0.2) is 9.97 Å². The number of ether oxygens (including phenoxy) is 1. The Labute approximate surface area is 111 Å². The quantitative estimate of drug-likeness (QED) is 0.826. The van der Waals surface area contributed by atoms with Gasteiger partial charge in [-0.15, -0.1) is 0 Å². The van der Waals surface area contributed by atoms with E-state index in [1.807, 2.05) is 0 Å². The molecule has 0 atom stereocenters. The van der Waals surface area contributed by atoms with Crippen molar-refractivity contribution in [3.8, 4) is 11.6 Å². The molecular formula is C10H5BrCl2N2O. The van der Waals surface area contributed by atoms with Crippen molar-refractivity contribution in [3.63, 3.8) is 0 Å². The molecule has 0 spiro atoms. The zero-order chi connectivity index (χ0) is 11.5. The molecule has 0 fully saturated rings. The van der Waals surface area contributed by atoms with Gasteiger partial charge in [0.2, 0.25) is 0 Å². The van der Waals surface area contributed by atoms with E-state index in [4.69, 9.17) is 27.9 Å². The maximum atomic E-state index is 5.82. The Morgan fingerprint density at radius 2 is 1.88 bits per heavy atom. The van der Waals surface area contributed by atoms with Gasteiger partial charge in [-0.2, -0.15) is 0 Å². The first-order valence-electron chi connectivity index (χ1n) is 4.26. The maximum absolute atomic E-state index is 5.82. The molecule has 0 saturated heterocycles. The number of halogens is 3. The molecule has 0 bridgehead atoms. The van der Waals surface area contributed by atoms with Gasteiger partial charge < -0.3 is 4.74 Å². The molecule has 6 heteroatoms. The number of rotatable bonds is 2. The highest BCUT2D eigenvalue weighted by Gasteiger charge is 2.08. The lowest BCUT2D eigenvalue weighted by atomic mass is 10.3. The number of nitrogens with zero attached hydrogens (tertiary/aromatic N) is 2. The number of aromatic nitrogens is 2. The first-order chi connectivity index (χ1) is 7.66. The number of hydrogen-bond acceptors (Lipinski definition) is 3. The second-order valence-electron chi connectivity index (χ2n) is 2.83. The SMILES string of the molecule is Clc1ccc(Oc2nccnc2Cl)c(Br)c1. The predicted octanol–water partition coefficient (Wildman–Crippen LogP) is 4.34. The summed E-state index contributed by atoms with van der Waals surface area (Å²) in [4.78, 5) is 7.83. The summed E-state index contributed by atoms with van der Waals surface area (Å²) in [5.74, 6) is 0.832. The van der Waals surface area contributed by atoms with Crippen LogP contribution in [0.2, 0.25) is 10.2 Å². The van der Waals surface area contributed by atoms with Crippen LogP contribution in [0.15, 0.2) is 35.1 Å². The normalized spacial score (nSPS) is 10.2. The van der Waals surface area contributed by atoms with E-state index < -0.39 is 0 Å². The molecule has 82 valence electrons. The number of hydrogen-bond donors (Lipinski definition) is 0. The summed E-state index contributed by atoms with van der Waals surface area (Å²) < 4.78 is 6.21. The van der Waals surface area contributed by atoms with Crippen LogP contribution in [0.3, 0.4) is 0 Å². The van der Waals surface area contributed by atoms with Crippen molar-refractivity contribution in [1.29, 1.82) is 0 Å². The lowest BCUT2D eigenvalue weighted by Gasteiger charge is -2.07. The van der Waals surface area contributed by atoms with Gasteiger partial charge in [0.15, 0.2) is 5.15 Å². The van der Waals surface area contributed by atoms with Crippen molar-refractivity contribution in [3.05, 3.63) is 45.2 Å². The molecule has 1 heterocycles. The second kappa shape index (κ2) is 4.99. The van der Waals surface area contributed by atoms with E-state index >= 15 is 0 Å². The molecule has 0 amide bonds. The van der Waals surface area contributed by atoms with Gasteiger partial charge in [0.1, 0.15) is 5.75 Å². The van der Waals surface area contributed by atoms with Crippen LogP contribution in [0.4, 0.5) is 0 Å². The zero-order valence-electron chi connectivity index (χ0n) is 7.82. The topological polar surface area (TPSA) is 35.0 Å². The molecule has 16 heavy (non-hydrogen) atoms. The standard InChI is InChI=1S/C10H5BrCl2N2O/c11-7-5-6(12)1-2-8(7)16-10-9(13)14-3-4-15-10/h1-5H. The summed E-state index contributed by atoms with van der Waals surface area (Å²) in [7, 11) is 0. The van der Waals surface area contributed by atoms with Gasteiger partial charge in [-0.1, -0.05) is 23.2 Å². The minimum absolute atomic E-state index is 0.212. The van der Waals surface area contributed by atoms with E-state index in [1.165, 1.54) is 12.4 Å². The zero-order valence-corrected chi connectivity index (χ0v) is 10.9. The molecule has 2 aromatic rings. The first-order valence-corrected chi connectivity index (χ1v) is 5.81. The Balaban J connectivity index is 2.31. The van der Waals surface area contributed by atoms with E-state index in [0.717, 1.165) is 4.47 Å². The summed E-state index contributed by atoms with van der Waals surface area (Å²) in [6.07, 6.45) is 3.00. The molecule has 2 rings (SSSR count). The van der Waals surface area contributed by atoms with Crippen molar-refractivity contribution in [1.82, 2.24) is 9.97 Å². The maximum Gasteiger partial charge on any atom is 0.257 e. The fraction of sp³-hybridized carbons (Fsp3) is 0. The molecule has 0 aliphatic carbocycles. The highest BCUT2D eigenvalue weighted by atomic mass is 79.9. The average molecular weight is 320 g/mol. The average Bonchev–Trinajstić information content (AvgIpc) is 2.25. The Morgan fingerprint density at radius 1 is 1.12 bits per heavy atom. The van der Waals surface area contributed by atoms with Gasteiger partial charge in [0, 0.05) is 17.4 Å². The molecule has 0 radical (unpaired) electrons. The van der Waals surface area contributed by atoms with Crippen molar-refractivity contribution < 1.29 is 4.74 Å². The highest BCUT2D eigenvalue weighted by molar-refractivity contribution is 9.10.